The second-order valence-electron chi connectivity index (χ2n) is 6.92. The van der Waals surface area contributed by atoms with Gasteiger partial charge in [0.15, 0.2) is 0 Å². The van der Waals surface area contributed by atoms with E-state index >= 15 is 0 Å². The van der Waals surface area contributed by atoms with Gasteiger partial charge >= 0.3 is 5.97 Å². The number of esters is 1. The third-order valence-electron chi connectivity index (χ3n) is 3.49. The van der Waals surface area contributed by atoms with E-state index in [1.54, 1.807) is 29.2 Å². The molecule has 0 aromatic carbocycles. The van der Waals surface area contributed by atoms with Gasteiger partial charge in [-0.1, -0.05) is 0 Å². The lowest BCUT2D eigenvalue weighted by Gasteiger charge is -2.35. The lowest BCUT2D eigenvalue weighted by atomic mass is 10.2. The molecule has 1 aromatic heterocycles. The van der Waals surface area contributed by atoms with Crippen molar-refractivity contribution >= 4 is 23.6 Å². The highest BCUT2D eigenvalue weighted by molar-refractivity contribution is 7.99. The van der Waals surface area contributed by atoms with Gasteiger partial charge in [-0.15, -0.1) is 0 Å². The summed E-state index contributed by atoms with van der Waals surface area (Å²) in [6.45, 7) is 10.1. The first-order chi connectivity index (χ1) is 10.7. The number of aromatic nitrogens is 2. The van der Waals surface area contributed by atoms with E-state index in [9.17, 15) is 9.59 Å². The number of carbonyl (C=O) groups is 2. The van der Waals surface area contributed by atoms with E-state index in [-0.39, 0.29) is 17.9 Å². The Bertz CT molecular complexity index is 577. The summed E-state index contributed by atoms with van der Waals surface area (Å²) in [5.74, 6) is 0.823. The SMILES string of the molecule is CC(C)n1cnc(C(=O)N2CCSCC2C(=O)OC(C)(C)C)c1. The van der Waals surface area contributed by atoms with Crippen LogP contribution in [0.1, 0.15) is 51.1 Å². The maximum absolute atomic E-state index is 12.7. The summed E-state index contributed by atoms with van der Waals surface area (Å²) in [7, 11) is 0. The van der Waals surface area contributed by atoms with Gasteiger partial charge in [0.2, 0.25) is 0 Å². The minimum Gasteiger partial charge on any atom is -0.458 e. The minimum absolute atomic E-state index is 0.208. The standard InChI is InChI=1S/C16H25N3O3S/c1-11(2)18-8-12(17-10-18)14(20)19-6-7-23-9-13(19)15(21)22-16(3,4)5/h8,10-11,13H,6-7,9H2,1-5H3. The van der Waals surface area contributed by atoms with Crippen molar-refractivity contribution in [3.8, 4) is 0 Å². The Balaban J connectivity index is 2.16. The monoisotopic (exact) mass is 339 g/mol. The fourth-order valence-corrected chi connectivity index (χ4v) is 3.32. The number of carbonyl (C=O) groups excluding carboxylic acids is 2. The number of thioether (sulfide) groups is 1. The Labute approximate surface area is 141 Å². The van der Waals surface area contributed by atoms with Crippen LogP contribution >= 0.6 is 11.8 Å². The second kappa shape index (κ2) is 6.95. The van der Waals surface area contributed by atoms with E-state index in [0.29, 0.717) is 18.0 Å². The first-order valence-electron chi connectivity index (χ1n) is 7.84. The summed E-state index contributed by atoms with van der Waals surface area (Å²) in [5, 5.41) is 0. The van der Waals surface area contributed by atoms with Crippen LogP contribution in [0.4, 0.5) is 0 Å². The van der Waals surface area contributed by atoms with Crippen LogP contribution in [-0.2, 0) is 9.53 Å². The van der Waals surface area contributed by atoms with Crippen molar-refractivity contribution in [2.24, 2.45) is 0 Å². The molecule has 0 spiro atoms. The Morgan fingerprint density at radius 2 is 2.09 bits per heavy atom. The molecule has 7 heteroatoms. The zero-order valence-electron chi connectivity index (χ0n) is 14.4. The topological polar surface area (TPSA) is 64.4 Å². The second-order valence-corrected chi connectivity index (χ2v) is 8.07. The molecule has 1 unspecified atom stereocenters. The number of hydrogen-bond acceptors (Lipinski definition) is 5. The van der Waals surface area contributed by atoms with Gasteiger partial charge in [0.25, 0.3) is 5.91 Å². The highest BCUT2D eigenvalue weighted by Gasteiger charge is 2.36. The molecular formula is C16H25N3O3S. The predicted molar refractivity (Wildman–Crippen MR) is 90.6 cm³/mol. The number of amides is 1. The molecule has 2 rings (SSSR count). The van der Waals surface area contributed by atoms with Crippen molar-refractivity contribution in [1.29, 1.82) is 0 Å². The molecule has 1 atom stereocenters. The van der Waals surface area contributed by atoms with Crippen molar-refractivity contribution in [3.05, 3.63) is 18.2 Å². The van der Waals surface area contributed by atoms with Crippen LogP contribution in [0.2, 0.25) is 0 Å². The largest absolute Gasteiger partial charge is 0.458 e. The number of rotatable bonds is 3. The molecule has 1 aliphatic heterocycles. The zero-order valence-corrected chi connectivity index (χ0v) is 15.2. The number of hydrogen-bond donors (Lipinski definition) is 0. The van der Waals surface area contributed by atoms with Crippen LogP contribution in [0, 0.1) is 0 Å². The van der Waals surface area contributed by atoms with Gasteiger partial charge in [-0.3, -0.25) is 4.79 Å². The van der Waals surface area contributed by atoms with Crippen molar-refractivity contribution in [3.63, 3.8) is 0 Å². The maximum Gasteiger partial charge on any atom is 0.330 e. The van der Waals surface area contributed by atoms with Gasteiger partial charge < -0.3 is 14.2 Å². The fraction of sp³-hybridized carbons (Fsp3) is 0.688. The highest BCUT2D eigenvalue weighted by Crippen LogP contribution is 2.22. The molecule has 1 fully saturated rings. The molecule has 6 nitrogen and oxygen atoms in total. The Kier molecular flexibility index (Phi) is 5.39. The summed E-state index contributed by atoms with van der Waals surface area (Å²) in [5.41, 5.74) is -0.188. The van der Waals surface area contributed by atoms with E-state index in [4.69, 9.17) is 4.74 Å². The quantitative estimate of drug-likeness (QED) is 0.791. The smallest absolute Gasteiger partial charge is 0.330 e. The Hall–Kier alpha value is -1.50. The molecule has 0 aliphatic carbocycles. The Morgan fingerprint density at radius 1 is 1.39 bits per heavy atom. The van der Waals surface area contributed by atoms with Crippen LogP contribution < -0.4 is 0 Å². The molecule has 0 saturated carbocycles. The van der Waals surface area contributed by atoms with Gasteiger partial charge in [0.1, 0.15) is 17.3 Å². The molecule has 1 saturated heterocycles. The van der Waals surface area contributed by atoms with Crippen LogP contribution in [0.25, 0.3) is 0 Å². The summed E-state index contributed by atoms with van der Waals surface area (Å²) < 4.78 is 7.35. The molecular weight excluding hydrogens is 314 g/mol. The highest BCUT2D eigenvalue weighted by atomic mass is 32.2. The number of ether oxygens (including phenoxy) is 1. The molecule has 23 heavy (non-hydrogen) atoms. The molecule has 1 amide bonds. The zero-order chi connectivity index (χ0) is 17.2. The van der Waals surface area contributed by atoms with E-state index in [1.165, 1.54) is 0 Å². The van der Waals surface area contributed by atoms with E-state index in [0.717, 1.165) is 5.75 Å². The third kappa shape index (κ3) is 4.50. The van der Waals surface area contributed by atoms with Crippen molar-refractivity contribution in [1.82, 2.24) is 14.5 Å². The van der Waals surface area contributed by atoms with Crippen LogP contribution in [0.15, 0.2) is 12.5 Å². The van der Waals surface area contributed by atoms with Gasteiger partial charge in [-0.2, -0.15) is 11.8 Å². The lowest BCUT2D eigenvalue weighted by Crippen LogP contribution is -2.52. The first-order valence-corrected chi connectivity index (χ1v) is 8.99. The summed E-state index contributed by atoms with van der Waals surface area (Å²) in [6.07, 6.45) is 3.39. The normalized spacial score (nSPS) is 19.0. The van der Waals surface area contributed by atoms with E-state index < -0.39 is 11.6 Å². The van der Waals surface area contributed by atoms with Crippen molar-refractivity contribution < 1.29 is 14.3 Å². The summed E-state index contributed by atoms with van der Waals surface area (Å²) in [4.78, 5) is 31.0. The van der Waals surface area contributed by atoms with E-state index in [1.807, 2.05) is 39.2 Å². The summed E-state index contributed by atoms with van der Waals surface area (Å²) in [6, 6.07) is -0.313. The summed E-state index contributed by atoms with van der Waals surface area (Å²) >= 11 is 1.66. The third-order valence-corrected chi connectivity index (χ3v) is 4.51. The molecule has 0 N–H and O–H groups in total. The number of nitrogens with zero attached hydrogens (tertiary/aromatic N) is 3. The Morgan fingerprint density at radius 3 is 2.65 bits per heavy atom. The maximum atomic E-state index is 12.7. The lowest BCUT2D eigenvalue weighted by molar-refractivity contribution is -0.159. The minimum atomic E-state index is -0.562. The van der Waals surface area contributed by atoms with Crippen LogP contribution in [0.3, 0.4) is 0 Å². The van der Waals surface area contributed by atoms with Gasteiger partial charge in [0.05, 0.1) is 6.33 Å². The first kappa shape index (κ1) is 17.8. The van der Waals surface area contributed by atoms with Gasteiger partial charge in [-0.25, -0.2) is 9.78 Å². The number of imidazole rings is 1. The van der Waals surface area contributed by atoms with Crippen molar-refractivity contribution in [2.45, 2.75) is 52.3 Å². The predicted octanol–water partition coefficient (Wildman–Crippen LogP) is 2.36. The molecule has 128 valence electrons. The van der Waals surface area contributed by atoms with Crippen LogP contribution in [0.5, 0.6) is 0 Å². The van der Waals surface area contributed by atoms with Crippen LogP contribution in [-0.4, -0.2) is 56.0 Å². The molecule has 2 heterocycles. The van der Waals surface area contributed by atoms with Gasteiger partial charge in [0, 0.05) is 30.3 Å². The average Bonchev–Trinajstić information content (AvgIpc) is 2.94. The molecule has 1 aromatic rings. The van der Waals surface area contributed by atoms with Crippen molar-refractivity contribution in [2.75, 3.05) is 18.1 Å². The fourth-order valence-electron chi connectivity index (χ4n) is 2.29. The van der Waals surface area contributed by atoms with Gasteiger partial charge in [-0.05, 0) is 34.6 Å². The molecule has 0 bridgehead atoms. The average molecular weight is 339 g/mol. The molecule has 0 radical (unpaired) electrons. The molecule has 1 aliphatic rings. The van der Waals surface area contributed by atoms with E-state index in [2.05, 4.69) is 4.98 Å².